The number of ether oxygens (including phenoxy) is 1. The second-order valence-corrected chi connectivity index (χ2v) is 5.01. The third-order valence-electron chi connectivity index (χ3n) is 2.68. The Labute approximate surface area is 122 Å². The third kappa shape index (κ3) is 3.45. The maximum absolute atomic E-state index is 13.5. The first-order valence-corrected chi connectivity index (χ1v) is 6.51. The van der Waals surface area contributed by atoms with E-state index in [1.54, 1.807) is 18.2 Å². The normalized spacial score (nSPS) is 10.4. The Balaban J connectivity index is 2.16. The van der Waals surface area contributed by atoms with Gasteiger partial charge < -0.3 is 10.1 Å². The fraction of sp³-hybridized carbons (Fsp3) is 0.143. The molecule has 0 bridgehead atoms. The van der Waals surface area contributed by atoms with Crippen LogP contribution in [0, 0.1) is 17.5 Å². The zero-order valence-corrected chi connectivity index (χ0v) is 12.1. The molecule has 0 aliphatic rings. The maximum atomic E-state index is 13.5. The number of anilines is 1. The first kappa shape index (κ1) is 14.7. The molecule has 106 valence electrons. The number of hydrogen-bond donors (Lipinski definition) is 1. The van der Waals surface area contributed by atoms with Gasteiger partial charge in [-0.3, -0.25) is 0 Å². The molecule has 20 heavy (non-hydrogen) atoms. The molecular weight excluding hydrogens is 335 g/mol. The SMILES string of the molecule is COc1cc(Br)cc(NCc2cc(F)c(F)cc2F)c1. The lowest BCUT2D eigenvalue weighted by Gasteiger charge is -2.10. The number of halogens is 4. The molecule has 0 atom stereocenters. The van der Waals surface area contributed by atoms with E-state index in [1.165, 1.54) is 7.11 Å². The van der Waals surface area contributed by atoms with Gasteiger partial charge in [-0.2, -0.15) is 0 Å². The number of rotatable bonds is 4. The van der Waals surface area contributed by atoms with Crippen LogP contribution in [0.2, 0.25) is 0 Å². The molecule has 0 fully saturated rings. The summed E-state index contributed by atoms with van der Waals surface area (Å²) in [5.74, 6) is -2.45. The van der Waals surface area contributed by atoms with Crippen molar-refractivity contribution in [3.63, 3.8) is 0 Å². The molecule has 2 nitrogen and oxygen atoms in total. The quantitative estimate of drug-likeness (QED) is 0.824. The minimum absolute atomic E-state index is 0.0304. The number of nitrogens with one attached hydrogen (secondary N) is 1. The van der Waals surface area contributed by atoms with E-state index in [4.69, 9.17) is 4.74 Å². The van der Waals surface area contributed by atoms with Crippen LogP contribution in [-0.4, -0.2) is 7.11 Å². The summed E-state index contributed by atoms with van der Waals surface area (Å²) in [7, 11) is 1.53. The van der Waals surface area contributed by atoms with Crippen molar-refractivity contribution >= 4 is 21.6 Å². The molecule has 6 heteroatoms. The summed E-state index contributed by atoms with van der Waals surface area (Å²) in [5.41, 5.74) is 0.711. The van der Waals surface area contributed by atoms with Crippen LogP contribution in [0.5, 0.6) is 5.75 Å². The van der Waals surface area contributed by atoms with E-state index in [0.29, 0.717) is 17.5 Å². The fourth-order valence-electron chi connectivity index (χ4n) is 1.68. The Kier molecular flexibility index (Phi) is 4.54. The van der Waals surface area contributed by atoms with Crippen molar-refractivity contribution in [3.8, 4) is 5.75 Å². The molecule has 2 rings (SSSR count). The molecule has 0 heterocycles. The zero-order valence-electron chi connectivity index (χ0n) is 10.5. The highest BCUT2D eigenvalue weighted by Gasteiger charge is 2.09. The van der Waals surface area contributed by atoms with Crippen molar-refractivity contribution in [2.24, 2.45) is 0 Å². The van der Waals surface area contributed by atoms with Gasteiger partial charge in [0, 0.05) is 34.4 Å². The van der Waals surface area contributed by atoms with E-state index >= 15 is 0 Å². The molecule has 2 aromatic carbocycles. The average Bonchev–Trinajstić information content (AvgIpc) is 2.40. The molecule has 0 aliphatic heterocycles. The minimum atomic E-state index is -1.20. The van der Waals surface area contributed by atoms with Crippen molar-refractivity contribution in [2.45, 2.75) is 6.54 Å². The van der Waals surface area contributed by atoms with Gasteiger partial charge >= 0.3 is 0 Å². The van der Waals surface area contributed by atoms with E-state index < -0.39 is 17.5 Å². The molecule has 0 radical (unpaired) electrons. The van der Waals surface area contributed by atoms with E-state index in [2.05, 4.69) is 21.2 Å². The van der Waals surface area contributed by atoms with Crippen molar-refractivity contribution in [2.75, 3.05) is 12.4 Å². The average molecular weight is 346 g/mol. The summed E-state index contributed by atoms with van der Waals surface area (Å²) in [6, 6.07) is 6.62. The molecular formula is C14H11BrF3NO. The van der Waals surface area contributed by atoms with Crippen LogP contribution in [0.15, 0.2) is 34.8 Å². The summed E-state index contributed by atoms with van der Waals surface area (Å²) in [6.07, 6.45) is 0. The van der Waals surface area contributed by atoms with E-state index in [-0.39, 0.29) is 12.1 Å². The topological polar surface area (TPSA) is 21.3 Å². The van der Waals surface area contributed by atoms with E-state index in [1.807, 2.05) is 0 Å². The molecule has 0 amide bonds. The molecule has 0 spiro atoms. The molecule has 0 saturated carbocycles. The molecule has 1 N–H and O–H groups in total. The molecule has 0 aliphatic carbocycles. The molecule has 0 unspecified atom stereocenters. The lowest BCUT2D eigenvalue weighted by molar-refractivity contribution is 0.414. The lowest BCUT2D eigenvalue weighted by atomic mass is 10.2. The van der Waals surface area contributed by atoms with Crippen LogP contribution in [-0.2, 0) is 6.54 Å². The first-order chi connectivity index (χ1) is 9.49. The summed E-state index contributed by atoms with van der Waals surface area (Å²) >= 11 is 3.31. The van der Waals surface area contributed by atoms with Gasteiger partial charge in [-0.05, 0) is 18.2 Å². The summed E-state index contributed by atoms with van der Waals surface area (Å²) in [5, 5.41) is 2.92. The molecule has 2 aromatic rings. The van der Waals surface area contributed by atoms with Crippen molar-refractivity contribution in [1.82, 2.24) is 0 Å². The Morgan fingerprint density at radius 3 is 2.40 bits per heavy atom. The molecule has 0 aromatic heterocycles. The minimum Gasteiger partial charge on any atom is -0.497 e. The van der Waals surface area contributed by atoms with Crippen LogP contribution in [0.4, 0.5) is 18.9 Å². The second kappa shape index (κ2) is 6.17. The predicted octanol–water partition coefficient (Wildman–Crippen LogP) is 4.49. The number of benzene rings is 2. The fourth-order valence-corrected chi connectivity index (χ4v) is 2.15. The van der Waals surface area contributed by atoms with E-state index in [0.717, 1.165) is 10.5 Å². The Hall–Kier alpha value is -1.69. The first-order valence-electron chi connectivity index (χ1n) is 5.71. The summed E-state index contributed by atoms with van der Waals surface area (Å²) < 4.78 is 45.2. The van der Waals surface area contributed by atoms with Gasteiger partial charge in [0.25, 0.3) is 0 Å². The Morgan fingerprint density at radius 2 is 1.70 bits per heavy atom. The smallest absolute Gasteiger partial charge is 0.161 e. The van der Waals surface area contributed by atoms with E-state index in [9.17, 15) is 13.2 Å². The number of methoxy groups -OCH3 is 1. The highest BCUT2D eigenvalue weighted by atomic mass is 79.9. The van der Waals surface area contributed by atoms with Crippen LogP contribution in [0.3, 0.4) is 0 Å². The third-order valence-corrected chi connectivity index (χ3v) is 3.14. The van der Waals surface area contributed by atoms with Gasteiger partial charge in [0.05, 0.1) is 7.11 Å². The van der Waals surface area contributed by atoms with Gasteiger partial charge in [-0.15, -0.1) is 0 Å². The second-order valence-electron chi connectivity index (χ2n) is 4.09. The van der Waals surface area contributed by atoms with Gasteiger partial charge in [0.2, 0.25) is 0 Å². The van der Waals surface area contributed by atoms with Crippen molar-refractivity contribution in [3.05, 3.63) is 57.8 Å². The largest absolute Gasteiger partial charge is 0.497 e. The highest BCUT2D eigenvalue weighted by molar-refractivity contribution is 9.10. The van der Waals surface area contributed by atoms with Crippen LogP contribution in [0.25, 0.3) is 0 Å². The van der Waals surface area contributed by atoms with Crippen LogP contribution in [0.1, 0.15) is 5.56 Å². The highest BCUT2D eigenvalue weighted by Crippen LogP contribution is 2.25. The van der Waals surface area contributed by atoms with Gasteiger partial charge in [0.15, 0.2) is 11.6 Å². The number of hydrogen-bond acceptors (Lipinski definition) is 2. The zero-order chi connectivity index (χ0) is 14.7. The van der Waals surface area contributed by atoms with Crippen molar-refractivity contribution in [1.29, 1.82) is 0 Å². The molecule has 0 saturated heterocycles. The summed E-state index contributed by atoms with van der Waals surface area (Å²) in [4.78, 5) is 0. The lowest BCUT2D eigenvalue weighted by Crippen LogP contribution is -2.04. The Morgan fingerprint density at radius 1 is 1.00 bits per heavy atom. The standard InChI is InChI=1S/C14H11BrF3NO/c1-20-11-4-9(15)3-10(5-11)19-7-8-2-13(17)14(18)6-12(8)16/h2-6,19H,7H2,1H3. The predicted molar refractivity (Wildman–Crippen MR) is 74.3 cm³/mol. The monoisotopic (exact) mass is 345 g/mol. The van der Waals surface area contributed by atoms with Crippen LogP contribution >= 0.6 is 15.9 Å². The maximum Gasteiger partial charge on any atom is 0.161 e. The summed E-state index contributed by atoms with van der Waals surface area (Å²) in [6.45, 7) is 0.0304. The van der Waals surface area contributed by atoms with Gasteiger partial charge in [-0.1, -0.05) is 15.9 Å². The van der Waals surface area contributed by atoms with Crippen LogP contribution < -0.4 is 10.1 Å². The van der Waals surface area contributed by atoms with Gasteiger partial charge in [0.1, 0.15) is 11.6 Å². The van der Waals surface area contributed by atoms with Crippen molar-refractivity contribution < 1.29 is 17.9 Å². The van der Waals surface area contributed by atoms with Gasteiger partial charge in [-0.25, -0.2) is 13.2 Å². The Bertz CT molecular complexity index is 634.